The molecule has 2 aliphatic rings. The molecule has 5 rings (SSSR count). The molecule has 11 heteroatoms. The number of hydrogen-bond donors (Lipinski definition) is 2. The average molecular weight is 459 g/mol. The number of pyridine rings is 1. The minimum absolute atomic E-state index is 0.202. The van der Waals surface area contributed by atoms with Crippen LogP contribution in [0.25, 0.3) is 10.2 Å². The van der Waals surface area contributed by atoms with Crippen LogP contribution >= 0.6 is 11.3 Å². The molecule has 168 valence electrons. The molecule has 1 amide bonds. The van der Waals surface area contributed by atoms with E-state index in [-0.39, 0.29) is 23.0 Å². The molecule has 3 aromatic heterocycles. The normalized spacial score (nSPS) is 20.4. The molecule has 3 aromatic rings. The first-order chi connectivity index (χ1) is 15.4. The Kier molecular flexibility index (Phi) is 5.09. The van der Waals surface area contributed by atoms with Gasteiger partial charge in [0, 0.05) is 56.3 Å². The third-order valence-electron chi connectivity index (χ3n) is 6.21. The first kappa shape index (κ1) is 20.8. The molecule has 32 heavy (non-hydrogen) atoms. The number of carbonyl (C=O) groups is 1. The van der Waals surface area contributed by atoms with Crippen molar-refractivity contribution in [2.24, 2.45) is 0 Å². The van der Waals surface area contributed by atoms with Crippen molar-refractivity contribution in [3.63, 3.8) is 0 Å². The molecule has 0 radical (unpaired) electrons. The lowest BCUT2D eigenvalue weighted by atomic mass is 10.2. The van der Waals surface area contributed by atoms with Crippen molar-refractivity contribution < 1.29 is 9.18 Å². The van der Waals surface area contributed by atoms with Crippen molar-refractivity contribution in [2.45, 2.75) is 38.5 Å². The zero-order valence-electron chi connectivity index (χ0n) is 17.7. The van der Waals surface area contributed by atoms with Crippen LogP contribution in [0.3, 0.4) is 0 Å². The summed E-state index contributed by atoms with van der Waals surface area (Å²) < 4.78 is 16.1. The number of anilines is 1. The zero-order valence-corrected chi connectivity index (χ0v) is 18.5. The summed E-state index contributed by atoms with van der Waals surface area (Å²) in [5.41, 5.74) is 0.447. The maximum atomic E-state index is 14.4. The highest BCUT2D eigenvalue weighted by Crippen LogP contribution is 2.40. The monoisotopic (exact) mass is 458 g/mol. The quantitative estimate of drug-likeness (QED) is 0.594. The van der Waals surface area contributed by atoms with Gasteiger partial charge in [0.25, 0.3) is 11.5 Å². The standard InChI is InChI=1S/C21H23FN6O3S/c1-3-27-20(30)18-14(25-21(27)31)7-12(32-18)10-26-4-5-28(16-8-15(16)26)11-6-13(22)17(24-9-11)19(29)23-2/h6-7,9,15-16H,3-5,8,10H2,1-2H3,(H,23,29)(H,25,31). The van der Waals surface area contributed by atoms with Crippen molar-refractivity contribution in [3.05, 3.63) is 55.6 Å². The van der Waals surface area contributed by atoms with E-state index in [9.17, 15) is 18.8 Å². The molecule has 1 saturated heterocycles. The Bertz CT molecular complexity index is 1330. The van der Waals surface area contributed by atoms with Crippen molar-refractivity contribution >= 4 is 33.1 Å². The van der Waals surface area contributed by atoms with Gasteiger partial charge in [0.2, 0.25) is 0 Å². The van der Waals surface area contributed by atoms with E-state index in [0.717, 1.165) is 17.8 Å². The van der Waals surface area contributed by atoms with Crippen molar-refractivity contribution in [1.82, 2.24) is 24.8 Å². The Morgan fingerprint density at radius 1 is 1.31 bits per heavy atom. The van der Waals surface area contributed by atoms with Crippen LogP contribution in [-0.4, -0.2) is 57.6 Å². The molecule has 0 spiro atoms. The number of aromatic nitrogens is 3. The van der Waals surface area contributed by atoms with Crippen LogP contribution in [0, 0.1) is 5.82 Å². The highest BCUT2D eigenvalue weighted by atomic mass is 32.1. The Hall–Kier alpha value is -3.05. The zero-order chi connectivity index (χ0) is 22.6. The van der Waals surface area contributed by atoms with Crippen LogP contribution in [0.5, 0.6) is 0 Å². The van der Waals surface area contributed by atoms with E-state index < -0.39 is 11.7 Å². The van der Waals surface area contributed by atoms with Crippen molar-refractivity contribution in [3.8, 4) is 0 Å². The molecule has 2 atom stereocenters. The van der Waals surface area contributed by atoms with E-state index in [1.54, 1.807) is 13.1 Å². The molecule has 2 fully saturated rings. The van der Waals surface area contributed by atoms with Gasteiger partial charge in [-0.1, -0.05) is 0 Å². The average Bonchev–Trinajstić information content (AvgIpc) is 3.48. The van der Waals surface area contributed by atoms with Gasteiger partial charge in [-0.05, 0) is 19.4 Å². The van der Waals surface area contributed by atoms with E-state index in [2.05, 4.69) is 25.1 Å². The van der Waals surface area contributed by atoms with Crippen LogP contribution in [0.1, 0.15) is 28.7 Å². The number of nitrogens with one attached hydrogen (secondary N) is 2. The molecule has 9 nitrogen and oxygen atoms in total. The minimum atomic E-state index is -0.626. The number of H-pyrrole nitrogens is 1. The summed E-state index contributed by atoms with van der Waals surface area (Å²) in [5.74, 6) is -1.17. The van der Waals surface area contributed by atoms with E-state index in [1.165, 1.54) is 29.0 Å². The van der Waals surface area contributed by atoms with E-state index in [1.807, 2.05) is 6.07 Å². The second-order valence-corrected chi connectivity index (χ2v) is 9.21. The summed E-state index contributed by atoms with van der Waals surface area (Å²) in [6.45, 7) is 4.31. The van der Waals surface area contributed by atoms with Gasteiger partial charge in [0.15, 0.2) is 11.5 Å². The molecule has 2 N–H and O–H groups in total. The van der Waals surface area contributed by atoms with E-state index in [4.69, 9.17) is 0 Å². The highest BCUT2D eigenvalue weighted by Gasteiger charge is 2.49. The number of halogens is 1. The van der Waals surface area contributed by atoms with Gasteiger partial charge in [0.05, 0.1) is 17.4 Å². The number of amides is 1. The summed E-state index contributed by atoms with van der Waals surface area (Å²) in [7, 11) is 1.44. The first-order valence-corrected chi connectivity index (χ1v) is 11.4. The molecule has 4 heterocycles. The topological polar surface area (TPSA) is 103 Å². The fourth-order valence-electron chi connectivity index (χ4n) is 4.51. The molecule has 1 aliphatic carbocycles. The molecular weight excluding hydrogens is 435 g/mol. The smallest absolute Gasteiger partial charge is 0.328 e. The summed E-state index contributed by atoms with van der Waals surface area (Å²) in [6.07, 6.45) is 2.52. The predicted molar refractivity (Wildman–Crippen MR) is 120 cm³/mol. The third kappa shape index (κ3) is 3.41. The Morgan fingerprint density at radius 3 is 2.84 bits per heavy atom. The number of piperazine rings is 1. The number of aromatic amines is 1. The van der Waals surface area contributed by atoms with Gasteiger partial charge in [-0.15, -0.1) is 11.3 Å². The van der Waals surface area contributed by atoms with Crippen LogP contribution in [0.15, 0.2) is 27.9 Å². The van der Waals surface area contributed by atoms with Crippen LogP contribution < -0.4 is 21.5 Å². The minimum Gasteiger partial charge on any atom is -0.364 e. The number of nitrogens with zero attached hydrogens (tertiary/aromatic N) is 4. The number of rotatable bonds is 5. The van der Waals surface area contributed by atoms with Gasteiger partial charge in [-0.2, -0.15) is 0 Å². The van der Waals surface area contributed by atoms with Gasteiger partial charge in [-0.3, -0.25) is 19.1 Å². The van der Waals surface area contributed by atoms with Gasteiger partial charge < -0.3 is 15.2 Å². The fourth-order valence-corrected chi connectivity index (χ4v) is 5.59. The van der Waals surface area contributed by atoms with E-state index in [0.29, 0.717) is 41.6 Å². The third-order valence-corrected chi connectivity index (χ3v) is 7.31. The molecule has 0 aromatic carbocycles. The lowest BCUT2D eigenvalue weighted by molar-refractivity contribution is 0.0953. The van der Waals surface area contributed by atoms with E-state index >= 15 is 0 Å². The van der Waals surface area contributed by atoms with Crippen LogP contribution in [0.4, 0.5) is 10.1 Å². The van der Waals surface area contributed by atoms with Gasteiger partial charge >= 0.3 is 5.69 Å². The Labute approximate surface area is 186 Å². The Morgan fingerprint density at radius 2 is 2.12 bits per heavy atom. The van der Waals surface area contributed by atoms with Crippen LogP contribution in [-0.2, 0) is 13.1 Å². The summed E-state index contributed by atoms with van der Waals surface area (Å²) in [6, 6.07) is 3.87. The number of thiophene rings is 1. The molecule has 1 saturated carbocycles. The first-order valence-electron chi connectivity index (χ1n) is 10.5. The summed E-state index contributed by atoms with van der Waals surface area (Å²) >= 11 is 1.43. The van der Waals surface area contributed by atoms with Crippen molar-refractivity contribution in [1.29, 1.82) is 0 Å². The van der Waals surface area contributed by atoms with Gasteiger partial charge in [0.1, 0.15) is 4.70 Å². The molecular formula is C21H23FN6O3S. The second kappa shape index (κ2) is 7.82. The fraction of sp³-hybridized carbons (Fsp3) is 0.429. The molecule has 2 unspecified atom stereocenters. The predicted octanol–water partition coefficient (Wildman–Crippen LogP) is 1.13. The number of carbonyl (C=O) groups excluding carboxylic acids is 1. The SMILES string of the molecule is CCn1c(=O)[nH]c2cc(CN3CCN(c4cnc(C(=O)NC)c(F)c4)C4CC43)sc2c1=O. The van der Waals surface area contributed by atoms with Gasteiger partial charge in [-0.25, -0.2) is 14.2 Å². The Balaban J connectivity index is 1.31. The maximum Gasteiger partial charge on any atom is 0.328 e. The second-order valence-electron chi connectivity index (χ2n) is 8.07. The maximum absolute atomic E-state index is 14.4. The lowest BCUT2D eigenvalue weighted by Crippen LogP contribution is -2.46. The summed E-state index contributed by atoms with van der Waals surface area (Å²) in [4.78, 5) is 48.6. The number of fused-ring (bicyclic) bond motifs is 2. The lowest BCUT2D eigenvalue weighted by Gasteiger charge is -2.35. The van der Waals surface area contributed by atoms with Crippen LogP contribution in [0.2, 0.25) is 0 Å². The molecule has 0 bridgehead atoms. The summed E-state index contributed by atoms with van der Waals surface area (Å²) in [5, 5.41) is 2.39. The highest BCUT2D eigenvalue weighted by molar-refractivity contribution is 7.18. The van der Waals surface area contributed by atoms with Crippen molar-refractivity contribution in [2.75, 3.05) is 25.0 Å². The largest absolute Gasteiger partial charge is 0.364 e. The molecule has 1 aliphatic heterocycles. The number of hydrogen-bond acceptors (Lipinski definition) is 7.